The predicted octanol–water partition coefficient (Wildman–Crippen LogP) is 3.63. The van der Waals surface area contributed by atoms with Gasteiger partial charge in [0.2, 0.25) is 0 Å². The highest BCUT2D eigenvalue weighted by atomic mass is 127. The topological polar surface area (TPSA) is 62.7 Å². The molecule has 5 unspecified atom stereocenters. The first kappa shape index (κ1) is 23.6. The average molecular weight is 519 g/mol. The maximum absolute atomic E-state index is 12.2. The summed E-state index contributed by atoms with van der Waals surface area (Å²) in [6, 6.07) is 10.8. The van der Waals surface area contributed by atoms with Gasteiger partial charge in [-0.3, -0.25) is 9.20 Å². The van der Waals surface area contributed by atoms with Gasteiger partial charge in [-0.2, -0.15) is 0 Å². The number of nitrogens with zero attached hydrogens (tertiary/aromatic N) is 1. The van der Waals surface area contributed by atoms with Crippen LogP contribution in [0.5, 0.6) is 0 Å². The van der Waals surface area contributed by atoms with E-state index in [1.54, 1.807) is 0 Å². The number of hydrogen-bond donors (Lipinski definition) is 2. The summed E-state index contributed by atoms with van der Waals surface area (Å²) < 4.78 is 18.1. The van der Waals surface area contributed by atoms with Crippen LogP contribution in [0.15, 0.2) is 35.3 Å². The van der Waals surface area contributed by atoms with Crippen molar-refractivity contribution in [1.82, 2.24) is 10.6 Å². The van der Waals surface area contributed by atoms with Crippen molar-refractivity contribution in [3.05, 3.63) is 35.9 Å². The van der Waals surface area contributed by atoms with Gasteiger partial charge in [-0.15, -0.1) is 24.0 Å². The number of hydrogen-bond acceptors (Lipinski definition) is 3. The third kappa shape index (κ3) is 6.42. The first-order valence-electron chi connectivity index (χ1n) is 10.2. The van der Waals surface area contributed by atoms with Crippen LogP contribution < -0.4 is 10.6 Å². The summed E-state index contributed by atoms with van der Waals surface area (Å²) >= 11 is 0. The molecule has 1 aliphatic heterocycles. The Kier molecular flexibility index (Phi) is 10.2. The third-order valence-corrected chi connectivity index (χ3v) is 7.46. The number of benzene rings is 1. The van der Waals surface area contributed by atoms with E-state index in [4.69, 9.17) is 4.74 Å². The van der Waals surface area contributed by atoms with E-state index < -0.39 is 10.8 Å². The van der Waals surface area contributed by atoms with Crippen LogP contribution in [0.3, 0.4) is 0 Å². The molecule has 1 saturated carbocycles. The molecule has 158 valence electrons. The van der Waals surface area contributed by atoms with Crippen LogP contribution in [0.25, 0.3) is 0 Å². The molecule has 0 spiro atoms. The zero-order valence-corrected chi connectivity index (χ0v) is 20.1. The Bertz CT molecular complexity index is 644. The molecule has 1 heterocycles. The first-order chi connectivity index (χ1) is 13.2. The fourth-order valence-electron chi connectivity index (χ4n) is 4.22. The summed E-state index contributed by atoms with van der Waals surface area (Å²) in [4.78, 5) is 4.41. The van der Waals surface area contributed by atoms with Gasteiger partial charge >= 0.3 is 0 Å². The lowest BCUT2D eigenvalue weighted by atomic mass is 9.94. The van der Waals surface area contributed by atoms with Gasteiger partial charge in [0.15, 0.2) is 5.96 Å². The zero-order chi connectivity index (χ0) is 19.1. The number of guanidine groups is 1. The average Bonchev–Trinajstić information content (AvgIpc) is 3.20. The number of halogens is 1. The standard InChI is InChI=1S/C21H33N3O2S.HI/c1-3-27(25)19-11-7-10-18(14-19)24-21(22-2)23-15-17-12-13-26-20(17)16-8-5-4-6-9-16;/h4-6,8-9,17-20H,3,7,10-15H2,1-2H3,(H2,22,23,24);1H. The smallest absolute Gasteiger partial charge is 0.191 e. The maximum Gasteiger partial charge on any atom is 0.191 e. The molecule has 5 nitrogen and oxygen atoms in total. The van der Waals surface area contributed by atoms with Crippen molar-refractivity contribution in [1.29, 1.82) is 0 Å². The van der Waals surface area contributed by atoms with Gasteiger partial charge in [0.05, 0.1) is 6.10 Å². The molecule has 2 aliphatic rings. The van der Waals surface area contributed by atoms with E-state index in [0.29, 0.717) is 17.2 Å². The van der Waals surface area contributed by atoms with E-state index in [9.17, 15) is 4.21 Å². The van der Waals surface area contributed by atoms with E-state index in [-0.39, 0.29) is 30.1 Å². The highest BCUT2D eigenvalue weighted by Crippen LogP contribution is 2.33. The quantitative estimate of drug-likeness (QED) is 0.343. The summed E-state index contributed by atoms with van der Waals surface area (Å²) in [6.07, 6.45) is 5.53. The molecule has 5 atom stereocenters. The highest BCUT2D eigenvalue weighted by Gasteiger charge is 2.30. The Hall–Kier alpha value is -0.670. The minimum absolute atomic E-state index is 0. The van der Waals surface area contributed by atoms with Crippen molar-refractivity contribution < 1.29 is 8.95 Å². The first-order valence-corrected chi connectivity index (χ1v) is 11.6. The number of nitrogens with one attached hydrogen (secondary N) is 2. The van der Waals surface area contributed by atoms with Gasteiger partial charge in [-0.25, -0.2) is 0 Å². The van der Waals surface area contributed by atoms with Gasteiger partial charge in [-0.1, -0.05) is 43.7 Å². The molecule has 2 N–H and O–H groups in total. The Balaban J connectivity index is 0.00000280. The van der Waals surface area contributed by atoms with Crippen LogP contribution in [0.1, 0.15) is 50.7 Å². The minimum atomic E-state index is -0.699. The molecule has 2 fully saturated rings. The van der Waals surface area contributed by atoms with Crippen LogP contribution in [0, 0.1) is 5.92 Å². The van der Waals surface area contributed by atoms with Gasteiger partial charge in [0, 0.05) is 54.0 Å². The molecule has 28 heavy (non-hydrogen) atoms. The van der Waals surface area contributed by atoms with Gasteiger partial charge in [-0.05, 0) is 31.2 Å². The summed E-state index contributed by atoms with van der Waals surface area (Å²) in [5, 5.41) is 7.38. The molecule has 7 heteroatoms. The molecule has 1 aromatic carbocycles. The maximum atomic E-state index is 12.2. The van der Waals surface area contributed by atoms with E-state index in [0.717, 1.165) is 57.0 Å². The lowest BCUT2D eigenvalue weighted by Crippen LogP contribution is -2.47. The molecule has 0 amide bonds. The number of aliphatic imine (C=N–C) groups is 1. The van der Waals surface area contributed by atoms with E-state index in [1.807, 2.05) is 20.0 Å². The van der Waals surface area contributed by atoms with Crippen molar-refractivity contribution >= 4 is 40.7 Å². The fourth-order valence-corrected chi connectivity index (χ4v) is 5.57. The second-order valence-corrected chi connectivity index (χ2v) is 9.51. The molecular weight excluding hydrogens is 485 g/mol. The molecule has 1 saturated heterocycles. The molecule has 0 bridgehead atoms. The Morgan fingerprint density at radius 2 is 2.04 bits per heavy atom. The number of rotatable bonds is 6. The summed E-state index contributed by atoms with van der Waals surface area (Å²) in [5.41, 5.74) is 1.25. The fraction of sp³-hybridized carbons (Fsp3) is 0.667. The lowest BCUT2D eigenvalue weighted by molar-refractivity contribution is 0.0915. The van der Waals surface area contributed by atoms with Crippen molar-refractivity contribution in [2.24, 2.45) is 10.9 Å². The molecule has 0 radical (unpaired) electrons. The van der Waals surface area contributed by atoms with Crippen LogP contribution in [0.4, 0.5) is 0 Å². The minimum Gasteiger partial charge on any atom is -0.373 e. The van der Waals surface area contributed by atoms with Crippen molar-refractivity contribution in [2.45, 2.75) is 56.4 Å². The van der Waals surface area contributed by atoms with Gasteiger partial charge in [0.1, 0.15) is 0 Å². The molecule has 1 aromatic rings. The monoisotopic (exact) mass is 519 g/mol. The van der Waals surface area contributed by atoms with Crippen molar-refractivity contribution in [2.75, 3.05) is 26.0 Å². The van der Waals surface area contributed by atoms with Crippen LogP contribution >= 0.6 is 24.0 Å². The third-order valence-electron chi connectivity index (χ3n) is 5.72. The molecule has 3 rings (SSSR count). The lowest BCUT2D eigenvalue weighted by Gasteiger charge is -2.30. The summed E-state index contributed by atoms with van der Waals surface area (Å²) in [7, 11) is 1.12. The second-order valence-electron chi connectivity index (χ2n) is 7.50. The van der Waals surface area contributed by atoms with Crippen molar-refractivity contribution in [3.63, 3.8) is 0 Å². The predicted molar refractivity (Wildman–Crippen MR) is 128 cm³/mol. The number of ether oxygens (including phenoxy) is 1. The van der Waals surface area contributed by atoms with Gasteiger partial charge in [0.25, 0.3) is 0 Å². The van der Waals surface area contributed by atoms with Crippen molar-refractivity contribution in [3.8, 4) is 0 Å². The normalized spacial score (nSPS) is 29.0. The van der Waals surface area contributed by atoms with Crippen LogP contribution in [-0.2, 0) is 15.5 Å². The molecule has 0 aromatic heterocycles. The highest BCUT2D eigenvalue weighted by molar-refractivity contribution is 14.0. The Labute approximate surface area is 189 Å². The zero-order valence-electron chi connectivity index (χ0n) is 16.9. The second kappa shape index (κ2) is 12.1. The van der Waals surface area contributed by atoms with E-state index >= 15 is 0 Å². The van der Waals surface area contributed by atoms with Crippen LogP contribution in [0.2, 0.25) is 0 Å². The summed E-state index contributed by atoms with van der Waals surface area (Å²) in [5.74, 6) is 2.05. The summed E-state index contributed by atoms with van der Waals surface area (Å²) in [6.45, 7) is 3.67. The largest absolute Gasteiger partial charge is 0.373 e. The van der Waals surface area contributed by atoms with E-state index in [2.05, 4.69) is 39.9 Å². The van der Waals surface area contributed by atoms with E-state index in [1.165, 1.54) is 5.56 Å². The van der Waals surface area contributed by atoms with Crippen LogP contribution in [-0.4, -0.2) is 47.4 Å². The molecular formula is C21H34IN3O2S. The SMILES string of the molecule is CCS(=O)C1CCCC(NC(=NC)NCC2CCOC2c2ccccc2)C1.I. The Morgan fingerprint density at radius 3 is 2.75 bits per heavy atom. The Morgan fingerprint density at radius 1 is 1.25 bits per heavy atom. The molecule has 1 aliphatic carbocycles. The van der Waals surface area contributed by atoms with Gasteiger partial charge < -0.3 is 15.4 Å².